The molecule has 0 bridgehead atoms. The highest BCUT2D eigenvalue weighted by Crippen LogP contribution is 2.20. The standard InChI is InChI=1S/C18H26N6O/c1-5-15-12-16(21-14(4)20-15)23-7-9-24(10-8-23)18-19-13(3)11-17(22-18)25-6-2/h11-12H,5-10H2,1-4H3. The average Bonchev–Trinajstić information content (AvgIpc) is 2.61. The maximum Gasteiger partial charge on any atom is 0.228 e. The third-order valence-corrected chi connectivity index (χ3v) is 4.24. The first kappa shape index (κ1) is 17.4. The van der Waals surface area contributed by atoms with Crippen LogP contribution >= 0.6 is 0 Å². The van der Waals surface area contributed by atoms with E-state index in [1.165, 1.54) is 0 Å². The van der Waals surface area contributed by atoms with E-state index >= 15 is 0 Å². The van der Waals surface area contributed by atoms with Crippen molar-refractivity contribution in [3.05, 3.63) is 29.3 Å². The molecule has 7 nitrogen and oxygen atoms in total. The first-order valence-electron chi connectivity index (χ1n) is 8.92. The van der Waals surface area contributed by atoms with Gasteiger partial charge in [0, 0.05) is 49.7 Å². The van der Waals surface area contributed by atoms with Gasteiger partial charge in [-0.3, -0.25) is 0 Å². The van der Waals surface area contributed by atoms with Crippen molar-refractivity contribution >= 4 is 11.8 Å². The predicted molar refractivity (Wildman–Crippen MR) is 98.5 cm³/mol. The Hall–Kier alpha value is -2.44. The quantitative estimate of drug-likeness (QED) is 0.825. The van der Waals surface area contributed by atoms with Crippen LogP contribution in [0.1, 0.15) is 31.1 Å². The zero-order chi connectivity index (χ0) is 17.8. The van der Waals surface area contributed by atoms with E-state index in [0.29, 0.717) is 12.5 Å². The van der Waals surface area contributed by atoms with Gasteiger partial charge < -0.3 is 14.5 Å². The summed E-state index contributed by atoms with van der Waals surface area (Å²) in [6.45, 7) is 12.1. The maximum atomic E-state index is 5.54. The molecule has 0 N–H and O–H groups in total. The summed E-state index contributed by atoms with van der Waals surface area (Å²) in [5.41, 5.74) is 2.02. The smallest absolute Gasteiger partial charge is 0.228 e. The molecule has 0 atom stereocenters. The fraction of sp³-hybridized carbons (Fsp3) is 0.556. The molecule has 0 radical (unpaired) electrons. The van der Waals surface area contributed by atoms with Crippen LogP contribution in [0.5, 0.6) is 5.88 Å². The van der Waals surface area contributed by atoms with Crippen molar-refractivity contribution < 1.29 is 4.74 Å². The minimum Gasteiger partial charge on any atom is -0.478 e. The van der Waals surface area contributed by atoms with Crippen LogP contribution in [0.3, 0.4) is 0 Å². The Labute approximate surface area is 149 Å². The summed E-state index contributed by atoms with van der Waals surface area (Å²) in [5, 5.41) is 0. The molecule has 3 rings (SSSR count). The van der Waals surface area contributed by atoms with E-state index in [1.807, 2.05) is 26.8 Å². The first-order valence-corrected chi connectivity index (χ1v) is 8.92. The Morgan fingerprint density at radius 1 is 0.920 bits per heavy atom. The van der Waals surface area contributed by atoms with Crippen LogP contribution < -0.4 is 14.5 Å². The van der Waals surface area contributed by atoms with E-state index in [4.69, 9.17) is 4.74 Å². The van der Waals surface area contributed by atoms with Crippen molar-refractivity contribution in [2.75, 3.05) is 42.6 Å². The molecule has 0 spiro atoms. The summed E-state index contributed by atoms with van der Waals surface area (Å²) < 4.78 is 5.54. The minimum atomic E-state index is 0.608. The van der Waals surface area contributed by atoms with Gasteiger partial charge in [-0.15, -0.1) is 0 Å². The molecule has 0 aromatic carbocycles. The Morgan fingerprint density at radius 2 is 1.64 bits per heavy atom. The van der Waals surface area contributed by atoms with Gasteiger partial charge in [-0.25, -0.2) is 15.0 Å². The van der Waals surface area contributed by atoms with Crippen LogP contribution in [-0.2, 0) is 6.42 Å². The number of hydrogen-bond donors (Lipinski definition) is 0. The monoisotopic (exact) mass is 342 g/mol. The van der Waals surface area contributed by atoms with Gasteiger partial charge in [0.1, 0.15) is 11.6 Å². The summed E-state index contributed by atoms with van der Waals surface area (Å²) >= 11 is 0. The molecular weight excluding hydrogens is 316 g/mol. The summed E-state index contributed by atoms with van der Waals surface area (Å²) in [6.07, 6.45) is 0.924. The van der Waals surface area contributed by atoms with Crippen molar-refractivity contribution in [1.29, 1.82) is 0 Å². The Morgan fingerprint density at radius 3 is 2.32 bits per heavy atom. The largest absolute Gasteiger partial charge is 0.478 e. The lowest BCUT2D eigenvalue weighted by Gasteiger charge is -2.35. The molecule has 1 fully saturated rings. The molecule has 2 aromatic heterocycles. The molecule has 1 aliphatic heterocycles. The molecular formula is C18H26N6O. The molecule has 1 saturated heterocycles. The zero-order valence-electron chi connectivity index (χ0n) is 15.5. The number of aromatic nitrogens is 4. The highest BCUT2D eigenvalue weighted by molar-refractivity contribution is 5.44. The predicted octanol–water partition coefficient (Wildman–Crippen LogP) is 2.17. The number of rotatable bonds is 5. The lowest BCUT2D eigenvalue weighted by molar-refractivity contribution is 0.325. The van der Waals surface area contributed by atoms with Crippen molar-refractivity contribution in [3.63, 3.8) is 0 Å². The van der Waals surface area contributed by atoms with Gasteiger partial charge in [-0.05, 0) is 27.2 Å². The van der Waals surface area contributed by atoms with E-state index in [2.05, 4.69) is 42.7 Å². The second-order valence-corrected chi connectivity index (χ2v) is 6.17. The van der Waals surface area contributed by atoms with Gasteiger partial charge >= 0.3 is 0 Å². The van der Waals surface area contributed by atoms with Crippen LogP contribution in [0.2, 0.25) is 0 Å². The lowest BCUT2D eigenvalue weighted by Crippen LogP contribution is -2.47. The van der Waals surface area contributed by atoms with Crippen molar-refractivity contribution in [2.45, 2.75) is 34.1 Å². The second kappa shape index (κ2) is 7.63. The van der Waals surface area contributed by atoms with Crippen molar-refractivity contribution in [1.82, 2.24) is 19.9 Å². The summed E-state index contributed by atoms with van der Waals surface area (Å²) in [7, 11) is 0. The normalized spacial score (nSPS) is 14.7. The highest BCUT2D eigenvalue weighted by Gasteiger charge is 2.21. The van der Waals surface area contributed by atoms with Gasteiger partial charge in [-0.2, -0.15) is 4.98 Å². The van der Waals surface area contributed by atoms with Gasteiger partial charge in [0.2, 0.25) is 11.8 Å². The molecule has 7 heteroatoms. The molecule has 134 valence electrons. The van der Waals surface area contributed by atoms with Gasteiger partial charge in [-0.1, -0.05) is 6.92 Å². The third-order valence-electron chi connectivity index (χ3n) is 4.24. The number of hydrogen-bond acceptors (Lipinski definition) is 7. The number of ether oxygens (including phenoxy) is 1. The zero-order valence-corrected chi connectivity index (χ0v) is 15.5. The SMILES string of the molecule is CCOc1cc(C)nc(N2CCN(c3cc(CC)nc(C)n3)CC2)n1. The van der Waals surface area contributed by atoms with E-state index in [-0.39, 0.29) is 0 Å². The van der Waals surface area contributed by atoms with Gasteiger partial charge in [0.15, 0.2) is 0 Å². The van der Waals surface area contributed by atoms with Crippen LogP contribution in [0.4, 0.5) is 11.8 Å². The number of anilines is 2. The summed E-state index contributed by atoms with van der Waals surface area (Å²) in [5.74, 6) is 3.24. The Kier molecular flexibility index (Phi) is 5.31. The molecule has 0 amide bonds. The molecule has 3 heterocycles. The second-order valence-electron chi connectivity index (χ2n) is 6.17. The minimum absolute atomic E-state index is 0.608. The van der Waals surface area contributed by atoms with Crippen molar-refractivity contribution in [2.24, 2.45) is 0 Å². The number of aryl methyl sites for hydroxylation is 3. The molecule has 0 aliphatic carbocycles. The van der Waals surface area contributed by atoms with Gasteiger partial charge in [0.05, 0.1) is 6.61 Å². The van der Waals surface area contributed by atoms with Crippen LogP contribution in [0.15, 0.2) is 12.1 Å². The Balaban J connectivity index is 1.71. The van der Waals surface area contributed by atoms with Crippen LogP contribution in [-0.4, -0.2) is 52.7 Å². The Bertz CT molecular complexity index is 728. The van der Waals surface area contributed by atoms with E-state index in [1.54, 1.807) is 0 Å². The molecule has 1 aliphatic rings. The van der Waals surface area contributed by atoms with Crippen molar-refractivity contribution in [3.8, 4) is 5.88 Å². The first-order chi connectivity index (χ1) is 12.1. The fourth-order valence-corrected chi connectivity index (χ4v) is 2.98. The fourth-order valence-electron chi connectivity index (χ4n) is 2.98. The van der Waals surface area contributed by atoms with Crippen LogP contribution in [0.25, 0.3) is 0 Å². The molecule has 0 saturated carbocycles. The molecule has 0 unspecified atom stereocenters. The number of piperazine rings is 1. The van der Waals surface area contributed by atoms with E-state index < -0.39 is 0 Å². The summed E-state index contributed by atoms with van der Waals surface area (Å²) in [4.78, 5) is 22.7. The molecule has 25 heavy (non-hydrogen) atoms. The van der Waals surface area contributed by atoms with E-state index in [9.17, 15) is 0 Å². The molecule has 2 aromatic rings. The summed E-state index contributed by atoms with van der Waals surface area (Å²) in [6, 6.07) is 3.97. The number of nitrogens with zero attached hydrogens (tertiary/aromatic N) is 6. The maximum absolute atomic E-state index is 5.54. The highest BCUT2D eigenvalue weighted by atomic mass is 16.5. The van der Waals surface area contributed by atoms with E-state index in [0.717, 1.165) is 61.6 Å². The van der Waals surface area contributed by atoms with Gasteiger partial charge in [0.25, 0.3) is 0 Å². The average molecular weight is 342 g/mol. The topological polar surface area (TPSA) is 67.3 Å². The lowest BCUT2D eigenvalue weighted by atomic mass is 10.2. The van der Waals surface area contributed by atoms with Crippen LogP contribution in [0, 0.1) is 13.8 Å². The third kappa shape index (κ3) is 4.15.